The molecular formula is C18H30N4O3S. The first-order valence-electron chi connectivity index (χ1n) is 9.08. The van der Waals surface area contributed by atoms with Gasteiger partial charge >= 0.3 is 0 Å². The molecule has 0 atom stereocenters. The van der Waals surface area contributed by atoms with E-state index in [-0.39, 0.29) is 23.6 Å². The van der Waals surface area contributed by atoms with Crippen LogP contribution < -0.4 is 10.6 Å². The van der Waals surface area contributed by atoms with Crippen LogP contribution in [0.2, 0.25) is 0 Å². The molecule has 8 heteroatoms. The van der Waals surface area contributed by atoms with E-state index in [0.29, 0.717) is 11.5 Å². The molecule has 1 saturated carbocycles. The monoisotopic (exact) mass is 382 g/mol. The van der Waals surface area contributed by atoms with E-state index < -0.39 is 10.0 Å². The van der Waals surface area contributed by atoms with Crippen molar-refractivity contribution in [1.29, 1.82) is 0 Å². The van der Waals surface area contributed by atoms with E-state index in [4.69, 9.17) is 0 Å². The van der Waals surface area contributed by atoms with E-state index in [0.717, 1.165) is 32.2 Å². The SMILES string of the molecule is CCNC(=NCc1ccccc1S(=O)(=O)N(C)C)NC1CCC(O)CC1. The number of aliphatic imine (C=N–C) groups is 1. The Kier molecular flexibility index (Phi) is 7.43. The molecule has 0 radical (unpaired) electrons. The first kappa shape index (κ1) is 20.7. The van der Waals surface area contributed by atoms with Crippen LogP contribution in [0.5, 0.6) is 0 Å². The molecule has 26 heavy (non-hydrogen) atoms. The maximum atomic E-state index is 12.5. The van der Waals surface area contributed by atoms with Crippen LogP contribution in [0.15, 0.2) is 34.2 Å². The number of rotatable bonds is 6. The van der Waals surface area contributed by atoms with E-state index in [2.05, 4.69) is 15.6 Å². The molecule has 1 aliphatic rings. The second kappa shape index (κ2) is 9.34. The zero-order valence-electron chi connectivity index (χ0n) is 15.8. The fraction of sp³-hybridized carbons (Fsp3) is 0.611. The maximum Gasteiger partial charge on any atom is 0.242 e. The van der Waals surface area contributed by atoms with Gasteiger partial charge in [-0.05, 0) is 44.2 Å². The second-order valence-corrected chi connectivity index (χ2v) is 8.86. The number of hydrogen-bond donors (Lipinski definition) is 3. The van der Waals surface area contributed by atoms with E-state index in [1.807, 2.05) is 13.0 Å². The molecule has 0 amide bonds. The minimum atomic E-state index is -3.51. The second-order valence-electron chi connectivity index (χ2n) is 6.74. The number of nitrogens with one attached hydrogen (secondary N) is 2. The molecule has 1 fully saturated rings. The normalized spacial score (nSPS) is 21.7. The predicted molar refractivity (Wildman–Crippen MR) is 104 cm³/mol. The van der Waals surface area contributed by atoms with Gasteiger partial charge in [-0.25, -0.2) is 17.7 Å². The summed E-state index contributed by atoms with van der Waals surface area (Å²) < 4.78 is 26.2. The molecule has 0 bridgehead atoms. The van der Waals surface area contributed by atoms with Crippen LogP contribution in [0.4, 0.5) is 0 Å². The zero-order valence-corrected chi connectivity index (χ0v) is 16.6. The Bertz CT molecular complexity index is 711. The van der Waals surface area contributed by atoms with Crippen molar-refractivity contribution in [1.82, 2.24) is 14.9 Å². The topological polar surface area (TPSA) is 94.0 Å². The fourth-order valence-corrected chi connectivity index (χ4v) is 4.09. The summed E-state index contributed by atoms with van der Waals surface area (Å²) in [6.07, 6.45) is 3.19. The van der Waals surface area contributed by atoms with E-state index >= 15 is 0 Å². The minimum Gasteiger partial charge on any atom is -0.393 e. The summed E-state index contributed by atoms with van der Waals surface area (Å²) in [5.74, 6) is 0.672. The minimum absolute atomic E-state index is 0.198. The van der Waals surface area contributed by atoms with Crippen LogP contribution in [-0.4, -0.2) is 56.6 Å². The van der Waals surface area contributed by atoms with Crippen molar-refractivity contribution in [2.24, 2.45) is 4.99 Å². The van der Waals surface area contributed by atoms with Crippen LogP contribution in [0.3, 0.4) is 0 Å². The van der Waals surface area contributed by atoms with Crippen LogP contribution in [0.1, 0.15) is 38.2 Å². The Morgan fingerprint density at radius 1 is 1.23 bits per heavy atom. The summed E-state index contributed by atoms with van der Waals surface area (Å²) in [5, 5.41) is 16.2. The van der Waals surface area contributed by atoms with Crippen molar-refractivity contribution in [2.75, 3.05) is 20.6 Å². The third kappa shape index (κ3) is 5.43. The van der Waals surface area contributed by atoms with E-state index in [1.165, 1.54) is 18.4 Å². The lowest BCUT2D eigenvalue weighted by atomic mass is 9.93. The molecule has 7 nitrogen and oxygen atoms in total. The Labute approximate surface area is 156 Å². The van der Waals surface area contributed by atoms with Gasteiger partial charge in [-0.15, -0.1) is 0 Å². The Morgan fingerprint density at radius 3 is 2.50 bits per heavy atom. The molecule has 146 valence electrons. The summed E-state index contributed by atoms with van der Waals surface area (Å²) >= 11 is 0. The molecule has 0 aliphatic heterocycles. The van der Waals surface area contributed by atoms with Crippen molar-refractivity contribution in [2.45, 2.75) is 56.2 Å². The highest BCUT2D eigenvalue weighted by Crippen LogP contribution is 2.20. The van der Waals surface area contributed by atoms with E-state index in [1.54, 1.807) is 18.2 Å². The van der Waals surface area contributed by atoms with Crippen LogP contribution in [0.25, 0.3) is 0 Å². The number of nitrogens with zero attached hydrogens (tertiary/aromatic N) is 2. The molecule has 1 aromatic carbocycles. The zero-order chi connectivity index (χ0) is 19.2. The molecule has 0 saturated heterocycles. The first-order valence-corrected chi connectivity index (χ1v) is 10.5. The lowest BCUT2D eigenvalue weighted by molar-refractivity contribution is 0.120. The van der Waals surface area contributed by atoms with Crippen molar-refractivity contribution in [3.63, 3.8) is 0 Å². The predicted octanol–water partition coefficient (Wildman–Crippen LogP) is 1.30. The van der Waals surface area contributed by atoms with Crippen LogP contribution in [0, 0.1) is 0 Å². The molecule has 0 heterocycles. The molecule has 0 aromatic heterocycles. The van der Waals surface area contributed by atoms with Gasteiger partial charge in [0, 0.05) is 26.7 Å². The van der Waals surface area contributed by atoms with Crippen LogP contribution >= 0.6 is 0 Å². The van der Waals surface area contributed by atoms with Gasteiger partial charge in [0.05, 0.1) is 17.5 Å². The number of sulfonamides is 1. The fourth-order valence-electron chi connectivity index (χ4n) is 2.98. The average Bonchev–Trinajstić information content (AvgIpc) is 2.62. The highest BCUT2D eigenvalue weighted by molar-refractivity contribution is 7.89. The maximum absolute atomic E-state index is 12.5. The average molecular weight is 383 g/mol. The summed E-state index contributed by atoms with van der Waals surface area (Å²) in [5.41, 5.74) is 0.664. The van der Waals surface area contributed by atoms with Gasteiger partial charge < -0.3 is 15.7 Å². The third-order valence-electron chi connectivity index (χ3n) is 4.52. The Hall–Kier alpha value is -1.64. The summed E-state index contributed by atoms with van der Waals surface area (Å²) in [7, 11) is -0.453. The van der Waals surface area contributed by atoms with Crippen molar-refractivity contribution < 1.29 is 13.5 Å². The summed E-state index contributed by atoms with van der Waals surface area (Å²) in [6.45, 7) is 2.99. The van der Waals surface area contributed by atoms with Gasteiger partial charge in [0.25, 0.3) is 0 Å². The molecule has 0 spiro atoms. The summed E-state index contributed by atoms with van der Waals surface area (Å²) in [6, 6.07) is 7.23. The summed E-state index contributed by atoms with van der Waals surface area (Å²) in [4.78, 5) is 4.86. The number of hydrogen-bond acceptors (Lipinski definition) is 4. The molecule has 1 aromatic rings. The van der Waals surface area contributed by atoms with Gasteiger partial charge in [0.1, 0.15) is 0 Å². The van der Waals surface area contributed by atoms with Gasteiger partial charge in [-0.2, -0.15) is 0 Å². The van der Waals surface area contributed by atoms with Crippen LogP contribution in [-0.2, 0) is 16.6 Å². The van der Waals surface area contributed by atoms with Gasteiger partial charge in [0.15, 0.2) is 5.96 Å². The van der Waals surface area contributed by atoms with Gasteiger partial charge in [-0.3, -0.25) is 0 Å². The first-order chi connectivity index (χ1) is 12.3. The molecular weight excluding hydrogens is 352 g/mol. The number of aliphatic hydroxyl groups is 1. The number of guanidine groups is 1. The smallest absolute Gasteiger partial charge is 0.242 e. The largest absolute Gasteiger partial charge is 0.393 e. The standard InChI is InChI=1S/C18H30N4O3S/c1-4-19-18(21-15-9-11-16(23)12-10-15)20-13-14-7-5-6-8-17(14)26(24,25)22(2)3/h5-8,15-16,23H,4,9-13H2,1-3H3,(H2,19,20,21). The van der Waals surface area contributed by atoms with Gasteiger partial charge in [-0.1, -0.05) is 18.2 Å². The van der Waals surface area contributed by atoms with Gasteiger partial charge in [0.2, 0.25) is 10.0 Å². The van der Waals surface area contributed by atoms with E-state index in [9.17, 15) is 13.5 Å². The van der Waals surface area contributed by atoms with Crippen molar-refractivity contribution in [3.05, 3.63) is 29.8 Å². The Balaban J connectivity index is 2.15. The molecule has 0 unspecified atom stereocenters. The van der Waals surface area contributed by atoms with Crippen molar-refractivity contribution in [3.8, 4) is 0 Å². The molecule has 3 N–H and O–H groups in total. The lowest BCUT2D eigenvalue weighted by Crippen LogP contribution is -2.45. The number of aliphatic hydroxyl groups excluding tert-OH is 1. The third-order valence-corrected chi connectivity index (χ3v) is 6.44. The highest BCUT2D eigenvalue weighted by atomic mass is 32.2. The quantitative estimate of drug-likeness (QED) is 0.509. The number of benzene rings is 1. The molecule has 2 rings (SSSR count). The highest BCUT2D eigenvalue weighted by Gasteiger charge is 2.22. The van der Waals surface area contributed by atoms with Crippen molar-refractivity contribution >= 4 is 16.0 Å². The Morgan fingerprint density at radius 2 is 1.88 bits per heavy atom. The molecule has 1 aliphatic carbocycles. The lowest BCUT2D eigenvalue weighted by Gasteiger charge is -2.27.